The molecule has 3 heterocycles. The summed E-state index contributed by atoms with van der Waals surface area (Å²) in [6.07, 6.45) is 3.10. The molecule has 1 unspecified atom stereocenters. The van der Waals surface area contributed by atoms with Gasteiger partial charge in [0.1, 0.15) is 17.7 Å². The van der Waals surface area contributed by atoms with Gasteiger partial charge in [0, 0.05) is 43.7 Å². The quantitative estimate of drug-likeness (QED) is 0.122. The monoisotopic (exact) mass is 771 g/mol. The van der Waals surface area contributed by atoms with E-state index in [0.717, 1.165) is 10.8 Å². The van der Waals surface area contributed by atoms with Gasteiger partial charge in [-0.15, -0.1) is 13.2 Å². The van der Waals surface area contributed by atoms with Crippen molar-refractivity contribution in [2.24, 2.45) is 11.8 Å². The van der Waals surface area contributed by atoms with Crippen molar-refractivity contribution >= 4 is 56.1 Å². The van der Waals surface area contributed by atoms with Crippen LogP contribution in [-0.2, 0) is 28.7 Å². The van der Waals surface area contributed by atoms with E-state index in [1.807, 2.05) is 79.7 Å². The summed E-state index contributed by atoms with van der Waals surface area (Å²) in [5.74, 6) is -3.49. The third kappa shape index (κ3) is 6.70. The van der Waals surface area contributed by atoms with E-state index in [1.165, 1.54) is 4.90 Å². The zero-order chi connectivity index (χ0) is 37.2. The van der Waals surface area contributed by atoms with E-state index in [2.05, 4.69) is 29.1 Å². The Morgan fingerprint density at radius 3 is 2.48 bits per heavy atom. The van der Waals surface area contributed by atoms with Crippen LogP contribution in [0.3, 0.4) is 0 Å². The molecule has 10 nitrogen and oxygen atoms in total. The highest BCUT2D eigenvalue weighted by Gasteiger charge is 2.77. The molecule has 3 aliphatic heterocycles. The lowest BCUT2D eigenvalue weighted by Gasteiger charge is -2.37. The fourth-order valence-corrected chi connectivity index (χ4v) is 9.17. The van der Waals surface area contributed by atoms with E-state index >= 15 is 0 Å². The predicted octanol–water partition coefficient (Wildman–Crippen LogP) is 5.59. The number of benzene rings is 3. The summed E-state index contributed by atoms with van der Waals surface area (Å²) in [5, 5.41) is 11.8. The maximum atomic E-state index is 14.9. The van der Waals surface area contributed by atoms with Crippen LogP contribution in [0.5, 0.6) is 0 Å². The van der Waals surface area contributed by atoms with Crippen molar-refractivity contribution in [2.45, 2.75) is 67.3 Å². The third-order valence-corrected chi connectivity index (χ3v) is 11.7. The second-order valence-corrected chi connectivity index (χ2v) is 15.1. The number of allylic oxidation sites excluding steroid dienone is 1. The number of nitrogens with zero attached hydrogens (tertiary/aromatic N) is 3. The Labute approximate surface area is 313 Å². The van der Waals surface area contributed by atoms with Crippen LogP contribution in [-0.4, -0.2) is 94.0 Å². The number of hydrogen-bond acceptors (Lipinski definition) is 7. The number of anilines is 1. The van der Waals surface area contributed by atoms with Gasteiger partial charge in [0.25, 0.3) is 5.91 Å². The summed E-state index contributed by atoms with van der Waals surface area (Å²) in [4.78, 5) is 61.4. The molecule has 1 spiro atoms. The van der Waals surface area contributed by atoms with Crippen molar-refractivity contribution < 1.29 is 33.8 Å². The van der Waals surface area contributed by atoms with Gasteiger partial charge in [0.2, 0.25) is 11.8 Å². The van der Waals surface area contributed by atoms with Gasteiger partial charge in [-0.3, -0.25) is 19.2 Å². The Morgan fingerprint density at radius 1 is 1.08 bits per heavy atom. The van der Waals surface area contributed by atoms with Crippen LogP contribution in [0, 0.1) is 11.8 Å². The van der Waals surface area contributed by atoms with E-state index in [9.17, 15) is 24.3 Å². The molecule has 0 saturated carbocycles. The Balaban J connectivity index is 1.35. The van der Waals surface area contributed by atoms with Gasteiger partial charge < -0.3 is 29.3 Å². The van der Waals surface area contributed by atoms with Gasteiger partial charge in [0.15, 0.2) is 0 Å². The molecule has 2 bridgehead atoms. The van der Waals surface area contributed by atoms with Crippen LogP contribution in [0.1, 0.15) is 44.3 Å². The Kier molecular flexibility index (Phi) is 11.3. The smallest absolute Gasteiger partial charge is 0.313 e. The van der Waals surface area contributed by atoms with E-state index < -0.39 is 47.7 Å². The lowest BCUT2D eigenvalue weighted by molar-refractivity contribution is -0.164. The predicted molar refractivity (Wildman–Crippen MR) is 203 cm³/mol. The molecule has 11 heteroatoms. The number of halogens is 1. The molecule has 3 amide bonds. The number of likely N-dealkylation sites (tertiary alicyclic amines) is 1. The van der Waals surface area contributed by atoms with Crippen LogP contribution in [0.2, 0.25) is 0 Å². The normalized spacial score (nSPS) is 25.7. The second-order valence-electron chi connectivity index (χ2n) is 13.9. The number of rotatable bonds is 15. The molecule has 0 radical (unpaired) electrons. The molecule has 0 aromatic heterocycles. The van der Waals surface area contributed by atoms with Gasteiger partial charge in [-0.05, 0) is 54.7 Å². The average Bonchev–Trinajstić information content (AvgIpc) is 3.76. The highest BCUT2D eigenvalue weighted by atomic mass is 79.9. The highest BCUT2D eigenvalue weighted by molar-refractivity contribution is 9.09. The minimum atomic E-state index is -1.33. The lowest BCUT2D eigenvalue weighted by atomic mass is 9.70. The maximum absolute atomic E-state index is 14.9. The summed E-state index contributed by atoms with van der Waals surface area (Å²) in [6, 6.07) is 21.2. The van der Waals surface area contributed by atoms with Crippen LogP contribution >= 0.6 is 15.9 Å². The van der Waals surface area contributed by atoms with Crippen molar-refractivity contribution in [3.8, 4) is 0 Å². The Morgan fingerprint density at radius 2 is 1.79 bits per heavy atom. The molecule has 6 rings (SSSR count). The van der Waals surface area contributed by atoms with Crippen molar-refractivity contribution in [1.29, 1.82) is 0 Å². The molecule has 8 atom stereocenters. The van der Waals surface area contributed by atoms with Crippen LogP contribution in [0.25, 0.3) is 10.8 Å². The fourth-order valence-electron chi connectivity index (χ4n) is 8.23. The first kappa shape index (κ1) is 37.4. The number of aliphatic hydroxyl groups is 1. The number of amides is 3. The molecule has 3 aliphatic rings. The number of esters is 1. The zero-order valence-electron chi connectivity index (χ0n) is 29.6. The number of fused-ring (bicyclic) bond motifs is 2. The minimum Gasteiger partial charge on any atom is -0.455 e. The molecule has 3 saturated heterocycles. The van der Waals surface area contributed by atoms with Crippen LogP contribution in [0.4, 0.5) is 5.69 Å². The number of carbonyl (C=O) groups excluding carboxylic acids is 4. The standard InChI is InChI=1S/C41H46BrN3O7/c1-5-7-18-32(47)43(4)26(3)35(28-15-9-8-10-16-28)51-40(50)33-34-38(48)45(22-13-23-46)37(41(34)25-31(42)36(33)52-41)39(49)44(21-6-2)30-20-19-27-14-11-12-17-29(27)24-30/h5-6,8-12,14-17,19-20,24,26,31,33-37,46H,1-2,7,13,18,21-23,25H2,3-4H3/t26-,31?,33-,34+,35+,36-,37-,41+/m1/s1. The Hall–Kier alpha value is -4.32. The third-order valence-electron chi connectivity index (χ3n) is 10.9. The van der Waals surface area contributed by atoms with Crippen molar-refractivity contribution in [1.82, 2.24) is 9.80 Å². The molecular formula is C41H46BrN3O7. The van der Waals surface area contributed by atoms with Gasteiger partial charge in [-0.1, -0.05) is 88.7 Å². The summed E-state index contributed by atoms with van der Waals surface area (Å²) in [6.45, 7) is 9.55. The molecule has 52 heavy (non-hydrogen) atoms. The number of ether oxygens (including phenoxy) is 2. The summed E-state index contributed by atoms with van der Waals surface area (Å²) >= 11 is 3.75. The molecule has 3 fully saturated rings. The average molecular weight is 773 g/mol. The van der Waals surface area contributed by atoms with Gasteiger partial charge in [-0.25, -0.2) is 0 Å². The van der Waals surface area contributed by atoms with E-state index in [0.29, 0.717) is 24.1 Å². The first-order valence-corrected chi connectivity index (χ1v) is 18.8. The zero-order valence-corrected chi connectivity index (χ0v) is 31.2. The van der Waals surface area contributed by atoms with E-state index in [-0.39, 0.29) is 55.1 Å². The maximum Gasteiger partial charge on any atom is 0.313 e. The van der Waals surface area contributed by atoms with Crippen molar-refractivity contribution in [3.05, 3.63) is 104 Å². The number of alkyl halides is 1. The van der Waals surface area contributed by atoms with E-state index in [4.69, 9.17) is 9.47 Å². The summed E-state index contributed by atoms with van der Waals surface area (Å²) in [7, 11) is 1.68. The topological polar surface area (TPSA) is 117 Å². The van der Waals surface area contributed by atoms with Gasteiger partial charge in [-0.2, -0.15) is 0 Å². The first-order chi connectivity index (χ1) is 25.1. The summed E-state index contributed by atoms with van der Waals surface area (Å²) in [5.41, 5.74) is 0.0170. The molecule has 3 aromatic rings. The largest absolute Gasteiger partial charge is 0.455 e. The first-order valence-electron chi connectivity index (χ1n) is 17.8. The van der Waals surface area contributed by atoms with Crippen molar-refractivity contribution in [2.75, 3.05) is 31.6 Å². The molecule has 0 aliphatic carbocycles. The van der Waals surface area contributed by atoms with Crippen molar-refractivity contribution in [3.63, 3.8) is 0 Å². The minimum absolute atomic E-state index is 0.105. The molecule has 1 N–H and O–H groups in total. The fraction of sp³-hybridized carbons (Fsp3) is 0.415. The molecule has 274 valence electrons. The van der Waals surface area contributed by atoms with Crippen LogP contribution in [0.15, 0.2) is 98.1 Å². The number of likely N-dealkylation sites (N-methyl/N-ethyl adjacent to an activating group) is 1. The van der Waals surface area contributed by atoms with Crippen LogP contribution < -0.4 is 4.90 Å². The van der Waals surface area contributed by atoms with Gasteiger partial charge in [0.05, 0.1) is 24.0 Å². The molecule has 3 aromatic carbocycles. The number of hydrogen-bond donors (Lipinski definition) is 1. The van der Waals surface area contributed by atoms with E-state index in [1.54, 1.807) is 29.0 Å². The number of carbonyl (C=O) groups is 4. The second kappa shape index (κ2) is 15.7. The Bertz CT molecular complexity index is 1840. The lowest BCUT2D eigenvalue weighted by Crippen LogP contribution is -2.57. The van der Waals surface area contributed by atoms with Gasteiger partial charge >= 0.3 is 5.97 Å². The highest BCUT2D eigenvalue weighted by Crippen LogP contribution is 2.60. The SMILES string of the molecule is C=CCCC(=O)N(C)[C@H](C)[C@H](OC(=O)[C@H]1[C@@H]2O[C@@]3(CC2Br)[C@@H]1C(=O)N(CCCO)[C@@H]3C(=O)N(CC=C)c1ccc2ccccc2c1)c1ccccc1. The number of aliphatic hydroxyl groups excluding tert-OH is 1. The summed E-state index contributed by atoms with van der Waals surface area (Å²) < 4.78 is 13.1. The molecular weight excluding hydrogens is 726 g/mol.